The van der Waals surface area contributed by atoms with E-state index in [4.69, 9.17) is 16.9 Å². The van der Waals surface area contributed by atoms with E-state index in [1.807, 2.05) is 19.1 Å². The molecule has 0 amide bonds. The van der Waals surface area contributed by atoms with Crippen LogP contribution in [0.5, 0.6) is 0 Å². The Morgan fingerprint density at radius 3 is 2.94 bits per heavy atom. The maximum atomic E-state index is 8.76. The summed E-state index contributed by atoms with van der Waals surface area (Å²) in [4.78, 5) is 8.07. The highest BCUT2D eigenvalue weighted by Crippen LogP contribution is 2.30. The molecular weight excluding hydrogens is 316 g/mol. The summed E-state index contributed by atoms with van der Waals surface area (Å²) in [6, 6.07) is 7.19. The topological polar surface area (TPSA) is 61.6 Å². The summed E-state index contributed by atoms with van der Waals surface area (Å²) in [5.41, 5.74) is 2.03. The van der Waals surface area contributed by atoms with Crippen LogP contribution < -0.4 is 5.32 Å². The molecule has 0 atom stereocenters. The summed E-state index contributed by atoms with van der Waals surface area (Å²) in [5.74, 6) is 0.356. The average molecular weight is 324 g/mol. The molecule has 1 aromatic carbocycles. The fourth-order valence-electron chi connectivity index (χ4n) is 1.34. The number of aromatic nitrogens is 2. The number of nitriles is 1. The summed E-state index contributed by atoms with van der Waals surface area (Å²) in [7, 11) is 0. The Bertz CT molecular complexity index is 636. The minimum Gasteiger partial charge on any atom is -0.323 e. The highest BCUT2D eigenvalue weighted by atomic mass is 79.9. The molecule has 4 nitrogen and oxygen atoms in total. The molecule has 0 saturated carbocycles. The Labute approximate surface area is 118 Å². The second kappa shape index (κ2) is 5.34. The molecule has 0 aliphatic carbocycles. The van der Waals surface area contributed by atoms with Crippen molar-refractivity contribution >= 4 is 39.2 Å². The number of benzene rings is 1. The van der Waals surface area contributed by atoms with Gasteiger partial charge in [0.05, 0.1) is 5.69 Å². The summed E-state index contributed by atoms with van der Waals surface area (Å²) < 4.78 is 0.857. The van der Waals surface area contributed by atoms with Gasteiger partial charge < -0.3 is 5.32 Å². The van der Waals surface area contributed by atoms with E-state index >= 15 is 0 Å². The minimum atomic E-state index is 0.307. The van der Waals surface area contributed by atoms with Gasteiger partial charge in [0, 0.05) is 15.7 Å². The van der Waals surface area contributed by atoms with Gasteiger partial charge in [0.2, 0.25) is 5.95 Å². The number of aryl methyl sites for hydroxylation is 1. The third kappa shape index (κ3) is 2.78. The van der Waals surface area contributed by atoms with E-state index in [9.17, 15) is 0 Å². The molecule has 1 heterocycles. The molecular formula is C12H8BrClN4. The molecule has 2 rings (SSSR count). The van der Waals surface area contributed by atoms with Gasteiger partial charge in [-0.3, -0.25) is 0 Å². The molecule has 6 heteroatoms. The summed E-state index contributed by atoms with van der Waals surface area (Å²) in [5, 5.41) is 12.4. The molecule has 0 fully saturated rings. The van der Waals surface area contributed by atoms with Crippen molar-refractivity contribution in [1.82, 2.24) is 9.97 Å². The number of anilines is 2. The van der Waals surface area contributed by atoms with Crippen LogP contribution in [-0.2, 0) is 0 Å². The Hall–Kier alpha value is -1.64. The standard InChI is InChI=1S/C12H8BrClN4/c1-7-4-9(13)11(5-10(7)14)18-12-16-3-2-8(6-15)17-12/h2-5H,1H3,(H,16,17,18). The van der Waals surface area contributed by atoms with Gasteiger partial charge in [-0.25, -0.2) is 9.97 Å². The van der Waals surface area contributed by atoms with E-state index in [2.05, 4.69) is 31.2 Å². The Morgan fingerprint density at radius 1 is 1.44 bits per heavy atom. The van der Waals surface area contributed by atoms with E-state index in [0.717, 1.165) is 15.7 Å². The number of hydrogen-bond donors (Lipinski definition) is 1. The number of halogens is 2. The van der Waals surface area contributed by atoms with E-state index in [1.165, 1.54) is 6.20 Å². The van der Waals surface area contributed by atoms with Gasteiger partial charge in [0.15, 0.2) is 0 Å². The second-order valence-corrected chi connectivity index (χ2v) is 4.85. The van der Waals surface area contributed by atoms with E-state index in [0.29, 0.717) is 16.7 Å². The average Bonchev–Trinajstić information content (AvgIpc) is 2.36. The fourth-order valence-corrected chi connectivity index (χ4v) is 2.06. The second-order valence-electron chi connectivity index (χ2n) is 3.58. The van der Waals surface area contributed by atoms with E-state index < -0.39 is 0 Å². The van der Waals surface area contributed by atoms with Crippen LogP contribution in [0.2, 0.25) is 5.02 Å². The van der Waals surface area contributed by atoms with Gasteiger partial charge in [-0.05, 0) is 46.6 Å². The van der Waals surface area contributed by atoms with Crippen LogP contribution in [0.1, 0.15) is 11.3 Å². The predicted octanol–water partition coefficient (Wildman–Crippen LogP) is 3.82. The van der Waals surface area contributed by atoms with Crippen molar-refractivity contribution in [3.05, 3.63) is 45.1 Å². The first-order valence-electron chi connectivity index (χ1n) is 5.06. The van der Waals surface area contributed by atoms with Gasteiger partial charge in [0.1, 0.15) is 11.8 Å². The van der Waals surface area contributed by atoms with Gasteiger partial charge in [0.25, 0.3) is 0 Å². The largest absolute Gasteiger partial charge is 0.323 e. The zero-order valence-electron chi connectivity index (χ0n) is 9.41. The van der Waals surface area contributed by atoms with E-state index in [1.54, 1.807) is 12.1 Å². The first-order chi connectivity index (χ1) is 8.60. The van der Waals surface area contributed by atoms with Crippen LogP contribution in [0, 0.1) is 18.3 Å². The molecule has 2 aromatic rings. The number of nitrogens with zero attached hydrogens (tertiary/aromatic N) is 3. The van der Waals surface area contributed by atoms with Crippen molar-refractivity contribution in [3.63, 3.8) is 0 Å². The molecule has 0 aliphatic heterocycles. The summed E-state index contributed by atoms with van der Waals surface area (Å²) in [6.07, 6.45) is 1.53. The van der Waals surface area contributed by atoms with Crippen molar-refractivity contribution in [2.24, 2.45) is 0 Å². The van der Waals surface area contributed by atoms with Crippen LogP contribution in [0.3, 0.4) is 0 Å². The highest BCUT2D eigenvalue weighted by Gasteiger charge is 2.06. The van der Waals surface area contributed by atoms with Crippen molar-refractivity contribution in [3.8, 4) is 6.07 Å². The van der Waals surface area contributed by atoms with Crippen molar-refractivity contribution in [1.29, 1.82) is 5.26 Å². The zero-order valence-corrected chi connectivity index (χ0v) is 11.7. The monoisotopic (exact) mass is 322 g/mol. The molecule has 18 heavy (non-hydrogen) atoms. The van der Waals surface area contributed by atoms with Crippen LogP contribution in [0.15, 0.2) is 28.9 Å². The Balaban J connectivity index is 2.34. The third-order valence-electron chi connectivity index (χ3n) is 2.26. The summed E-state index contributed by atoms with van der Waals surface area (Å²) in [6.45, 7) is 1.92. The van der Waals surface area contributed by atoms with Gasteiger partial charge in [-0.15, -0.1) is 0 Å². The molecule has 0 spiro atoms. The highest BCUT2D eigenvalue weighted by molar-refractivity contribution is 9.10. The lowest BCUT2D eigenvalue weighted by Crippen LogP contribution is -1.99. The third-order valence-corrected chi connectivity index (χ3v) is 3.33. The molecule has 0 unspecified atom stereocenters. The minimum absolute atomic E-state index is 0.307. The molecule has 1 N–H and O–H groups in total. The molecule has 0 radical (unpaired) electrons. The zero-order chi connectivity index (χ0) is 13.1. The number of hydrogen-bond acceptors (Lipinski definition) is 4. The lowest BCUT2D eigenvalue weighted by Gasteiger charge is -2.09. The first-order valence-corrected chi connectivity index (χ1v) is 6.23. The molecule has 0 bridgehead atoms. The predicted molar refractivity (Wildman–Crippen MR) is 73.9 cm³/mol. The Kier molecular flexibility index (Phi) is 3.80. The molecule has 1 aromatic heterocycles. The Morgan fingerprint density at radius 2 is 2.22 bits per heavy atom. The van der Waals surface area contributed by atoms with Crippen molar-refractivity contribution in [2.45, 2.75) is 6.92 Å². The molecule has 0 saturated heterocycles. The SMILES string of the molecule is Cc1cc(Br)c(Nc2nccc(C#N)n2)cc1Cl. The van der Waals surface area contributed by atoms with Crippen LogP contribution >= 0.6 is 27.5 Å². The van der Waals surface area contributed by atoms with Crippen LogP contribution in [0.25, 0.3) is 0 Å². The first kappa shape index (κ1) is 12.8. The number of nitrogens with one attached hydrogen (secondary N) is 1. The smallest absolute Gasteiger partial charge is 0.228 e. The molecule has 0 aliphatic rings. The fraction of sp³-hybridized carbons (Fsp3) is 0.0833. The molecule has 90 valence electrons. The summed E-state index contributed by atoms with van der Waals surface area (Å²) >= 11 is 9.49. The van der Waals surface area contributed by atoms with Crippen LogP contribution in [0.4, 0.5) is 11.6 Å². The van der Waals surface area contributed by atoms with Gasteiger partial charge in [-0.2, -0.15) is 5.26 Å². The van der Waals surface area contributed by atoms with E-state index in [-0.39, 0.29) is 0 Å². The quantitative estimate of drug-likeness (QED) is 0.912. The number of rotatable bonds is 2. The van der Waals surface area contributed by atoms with Crippen molar-refractivity contribution < 1.29 is 0 Å². The van der Waals surface area contributed by atoms with Gasteiger partial charge >= 0.3 is 0 Å². The lowest BCUT2D eigenvalue weighted by molar-refractivity contribution is 1.14. The van der Waals surface area contributed by atoms with Crippen molar-refractivity contribution in [2.75, 3.05) is 5.32 Å². The van der Waals surface area contributed by atoms with Gasteiger partial charge in [-0.1, -0.05) is 11.6 Å². The van der Waals surface area contributed by atoms with Crippen LogP contribution in [-0.4, -0.2) is 9.97 Å². The maximum Gasteiger partial charge on any atom is 0.228 e. The maximum absolute atomic E-state index is 8.76. The normalized spacial score (nSPS) is 9.89. The lowest BCUT2D eigenvalue weighted by atomic mass is 10.2.